The number of allylic oxidation sites excluding steroid dienone is 2. The van der Waals surface area contributed by atoms with E-state index in [1.165, 1.54) is 19.3 Å². The average Bonchev–Trinajstić information content (AvgIpc) is 2.56. The molecule has 2 aliphatic rings. The molecule has 0 saturated heterocycles. The van der Waals surface area contributed by atoms with Gasteiger partial charge in [0.05, 0.1) is 6.42 Å². The van der Waals surface area contributed by atoms with Crippen molar-refractivity contribution in [2.24, 2.45) is 28.3 Å². The lowest BCUT2D eigenvalue weighted by Gasteiger charge is -2.46. The quantitative estimate of drug-likeness (QED) is 0.481. The predicted molar refractivity (Wildman–Crippen MR) is 103 cm³/mol. The van der Waals surface area contributed by atoms with Crippen molar-refractivity contribution in [3.05, 3.63) is 47.5 Å². The van der Waals surface area contributed by atoms with Crippen LogP contribution in [0.2, 0.25) is 0 Å². The highest BCUT2D eigenvalue weighted by molar-refractivity contribution is 5.79. The van der Waals surface area contributed by atoms with Crippen molar-refractivity contribution in [2.45, 2.75) is 52.9 Å². The lowest BCUT2D eigenvalue weighted by atomic mass is 9.59. The van der Waals surface area contributed by atoms with E-state index >= 15 is 0 Å². The van der Waals surface area contributed by atoms with Crippen LogP contribution in [0.5, 0.6) is 0 Å². The molecule has 1 N–H and O–H groups in total. The minimum absolute atomic E-state index is 0.0514. The van der Waals surface area contributed by atoms with Crippen LogP contribution in [0.3, 0.4) is 0 Å². The van der Waals surface area contributed by atoms with Crippen LogP contribution in [0.15, 0.2) is 47.1 Å². The summed E-state index contributed by atoms with van der Waals surface area (Å²) < 4.78 is 0. The lowest BCUT2D eigenvalue weighted by Crippen LogP contribution is -2.37. The Labute approximate surface area is 151 Å². The first kappa shape index (κ1) is 17.9. The molecule has 0 bridgehead atoms. The number of hydrogen-bond donors (Lipinski definition) is 1. The summed E-state index contributed by atoms with van der Waals surface area (Å²) >= 11 is 0. The Morgan fingerprint density at radius 2 is 2.08 bits per heavy atom. The number of fused-ring (bicyclic) bond motifs is 1. The molecule has 3 heteroatoms. The Balaban J connectivity index is 1.57. The highest BCUT2D eigenvalue weighted by atomic mass is 16.2. The van der Waals surface area contributed by atoms with E-state index in [0.717, 1.165) is 12.0 Å². The molecule has 25 heavy (non-hydrogen) atoms. The lowest BCUT2D eigenvalue weighted by molar-refractivity contribution is -0.120. The molecule has 1 aromatic rings. The molecule has 3 nitrogen and oxygen atoms in total. The summed E-state index contributed by atoms with van der Waals surface area (Å²) in [4.78, 5) is 12.0. The number of carbonyl (C=O) groups excluding carboxylic acids is 1. The largest absolute Gasteiger partial charge is 0.273 e. The van der Waals surface area contributed by atoms with Crippen LogP contribution < -0.4 is 5.43 Å². The van der Waals surface area contributed by atoms with Crippen molar-refractivity contribution in [1.82, 2.24) is 5.43 Å². The van der Waals surface area contributed by atoms with Gasteiger partial charge in [-0.15, -0.1) is 0 Å². The summed E-state index contributed by atoms with van der Waals surface area (Å²) in [5.41, 5.74) is 5.76. The van der Waals surface area contributed by atoms with Gasteiger partial charge in [-0.25, -0.2) is 5.43 Å². The maximum atomic E-state index is 12.0. The molecule has 1 amide bonds. The van der Waals surface area contributed by atoms with Crippen LogP contribution in [0, 0.1) is 23.2 Å². The third-order valence-electron chi connectivity index (χ3n) is 6.05. The van der Waals surface area contributed by atoms with E-state index in [-0.39, 0.29) is 5.91 Å². The molecule has 1 aromatic carbocycles. The molecule has 0 unspecified atom stereocenters. The molecule has 3 atom stereocenters. The molecule has 1 saturated carbocycles. The second-order valence-electron chi connectivity index (χ2n) is 8.42. The van der Waals surface area contributed by atoms with Gasteiger partial charge in [0, 0.05) is 6.21 Å². The van der Waals surface area contributed by atoms with E-state index in [1.807, 2.05) is 36.5 Å². The number of carbonyl (C=O) groups is 1. The summed E-state index contributed by atoms with van der Waals surface area (Å²) in [6.07, 6.45) is 9.64. The topological polar surface area (TPSA) is 41.5 Å². The molecule has 0 aliphatic heterocycles. The molecule has 0 spiro atoms. The molecular formula is C22H30N2O. The van der Waals surface area contributed by atoms with Crippen LogP contribution in [0.1, 0.15) is 52.0 Å². The Morgan fingerprint density at radius 3 is 2.84 bits per heavy atom. The Morgan fingerprint density at radius 1 is 1.32 bits per heavy atom. The van der Waals surface area contributed by atoms with Crippen molar-refractivity contribution < 1.29 is 4.79 Å². The summed E-state index contributed by atoms with van der Waals surface area (Å²) in [6, 6.07) is 9.79. The first-order valence-corrected chi connectivity index (χ1v) is 9.50. The maximum absolute atomic E-state index is 12.0. The third-order valence-corrected chi connectivity index (χ3v) is 6.05. The summed E-state index contributed by atoms with van der Waals surface area (Å²) in [7, 11) is 0. The predicted octanol–water partition coefficient (Wildman–Crippen LogP) is 4.74. The molecule has 0 radical (unpaired) electrons. The van der Waals surface area contributed by atoms with E-state index in [1.54, 1.807) is 5.57 Å². The van der Waals surface area contributed by atoms with E-state index in [9.17, 15) is 4.79 Å². The van der Waals surface area contributed by atoms with E-state index in [0.29, 0.717) is 29.6 Å². The summed E-state index contributed by atoms with van der Waals surface area (Å²) in [6.45, 7) is 7.11. The fraction of sp³-hybridized carbons (Fsp3) is 0.545. The SMILES string of the molecule is C[C@@H]1CC2=CCCC(C)(C)[C@H]2C[C@H]1C=NNC(=O)Cc1ccccc1. The fourth-order valence-electron chi connectivity index (χ4n) is 4.41. The van der Waals surface area contributed by atoms with Crippen LogP contribution in [0.25, 0.3) is 0 Å². The van der Waals surface area contributed by atoms with Gasteiger partial charge in [0.15, 0.2) is 0 Å². The van der Waals surface area contributed by atoms with Gasteiger partial charge in [0.25, 0.3) is 0 Å². The van der Waals surface area contributed by atoms with Gasteiger partial charge in [-0.3, -0.25) is 4.79 Å². The Bertz CT molecular complexity index is 660. The first-order valence-electron chi connectivity index (χ1n) is 9.50. The minimum Gasteiger partial charge on any atom is -0.273 e. The fourth-order valence-corrected chi connectivity index (χ4v) is 4.41. The summed E-state index contributed by atoms with van der Waals surface area (Å²) in [5.74, 6) is 1.64. The Hall–Kier alpha value is -1.90. The van der Waals surface area contributed by atoms with Gasteiger partial charge in [-0.2, -0.15) is 5.10 Å². The van der Waals surface area contributed by atoms with E-state index < -0.39 is 0 Å². The van der Waals surface area contributed by atoms with Crippen molar-refractivity contribution in [2.75, 3.05) is 0 Å². The molecule has 3 rings (SSSR count). The number of amides is 1. The second kappa shape index (κ2) is 7.55. The van der Waals surface area contributed by atoms with Crippen LogP contribution >= 0.6 is 0 Å². The number of nitrogens with zero attached hydrogens (tertiary/aromatic N) is 1. The molecular weight excluding hydrogens is 308 g/mol. The van der Waals surface area contributed by atoms with Gasteiger partial charge in [0.1, 0.15) is 0 Å². The van der Waals surface area contributed by atoms with Gasteiger partial charge in [-0.1, -0.05) is 62.8 Å². The zero-order valence-electron chi connectivity index (χ0n) is 15.7. The van der Waals surface area contributed by atoms with Crippen LogP contribution in [-0.2, 0) is 11.2 Å². The Kier molecular flexibility index (Phi) is 5.41. The van der Waals surface area contributed by atoms with Gasteiger partial charge in [0.2, 0.25) is 5.91 Å². The number of nitrogens with one attached hydrogen (secondary N) is 1. The highest BCUT2D eigenvalue weighted by Gasteiger charge is 2.40. The van der Waals surface area contributed by atoms with Crippen molar-refractivity contribution in [1.29, 1.82) is 0 Å². The van der Waals surface area contributed by atoms with E-state index in [4.69, 9.17) is 0 Å². The number of hydrazone groups is 1. The standard InChI is InChI=1S/C22H30N2O/c1-16-12-18-10-7-11-22(2,3)20(18)14-19(16)15-23-24-21(25)13-17-8-5-4-6-9-17/h4-6,8-10,15-16,19-20H,7,11-14H2,1-3H3,(H,24,25)/t16-,19+,20+/m1/s1. The summed E-state index contributed by atoms with van der Waals surface area (Å²) in [5, 5.41) is 4.28. The van der Waals surface area contributed by atoms with Crippen molar-refractivity contribution >= 4 is 12.1 Å². The number of hydrogen-bond acceptors (Lipinski definition) is 2. The minimum atomic E-state index is -0.0514. The van der Waals surface area contributed by atoms with Gasteiger partial charge < -0.3 is 0 Å². The normalized spacial score (nSPS) is 28.3. The molecule has 0 aromatic heterocycles. The monoisotopic (exact) mass is 338 g/mol. The number of benzene rings is 1. The third kappa shape index (κ3) is 4.39. The van der Waals surface area contributed by atoms with Crippen LogP contribution in [0.4, 0.5) is 0 Å². The van der Waals surface area contributed by atoms with Gasteiger partial charge >= 0.3 is 0 Å². The molecule has 134 valence electrons. The average molecular weight is 338 g/mol. The van der Waals surface area contributed by atoms with Crippen molar-refractivity contribution in [3.63, 3.8) is 0 Å². The number of rotatable bonds is 4. The smallest absolute Gasteiger partial charge is 0.244 e. The van der Waals surface area contributed by atoms with Crippen molar-refractivity contribution in [3.8, 4) is 0 Å². The zero-order chi connectivity index (χ0) is 17.9. The van der Waals surface area contributed by atoms with Crippen LogP contribution in [-0.4, -0.2) is 12.1 Å². The zero-order valence-corrected chi connectivity index (χ0v) is 15.7. The molecule has 0 heterocycles. The molecule has 2 aliphatic carbocycles. The highest BCUT2D eigenvalue weighted by Crippen LogP contribution is 2.50. The van der Waals surface area contributed by atoms with Gasteiger partial charge in [-0.05, 0) is 54.4 Å². The molecule has 1 fully saturated rings. The first-order chi connectivity index (χ1) is 12.0. The second-order valence-corrected chi connectivity index (χ2v) is 8.42. The maximum Gasteiger partial charge on any atom is 0.244 e. The van der Waals surface area contributed by atoms with E-state index in [2.05, 4.69) is 37.4 Å².